The Morgan fingerprint density at radius 3 is 2.41 bits per heavy atom. The predicted molar refractivity (Wildman–Crippen MR) is 142 cm³/mol. The van der Waals surface area contributed by atoms with E-state index in [-0.39, 0.29) is 35.5 Å². The monoisotopic (exact) mass is 537 g/mol. The Hall–Kier alpha value is -2.14. The van der Waals surface area contributed by atoms with Crippen molar-refractivity contribution in [3.63, 3.8) is 0 Å². The molecular formula is C26H43N5O5S. The van der Waals surface area contributed by atoms with Gasteiger partial charge in [-0.05, 0) is 39.5 Å². The van der Waals surface area contributed by atoms with E-state index in [4.69, 9.17) is 9.15 Å². The first kappa shape index (κ1) is 29.4. The predicted octanol–water partition coefficient (Wildman–Crippen LogP) is 4.01. The maximum absolute atomic E-state index is 13.2. The summed E-state index contributed by atoms with van der Waals surface area (Å²) in [4.78, 5) is 42.3. The van der Waals surface area contributed by atoms with Crippen LogP contribution >= 0.6 is 11.8 Å². The van der Waals surface area contributed by atoms with Gasteiger partial charge >= 0.3 is 6.09 Å². The summed E-state index contributed by atoms with van der Waals surface area (Å²) >= 11 is 1.40. The third-order valence-corrected chi connectivity index (χ3v) is 7.84. The Morgan fingerprint density at radius 2 is 1.78 bits per heavy atom. The molecule has 2 atom stereocenters. The van der Waals surface area contributed by atoms with Crippen LogP contribution in [0.2, 0.25) is 0 Å². The number of ether oxygens (including phenoxy) is 1. The van der Waals surface area contributed by atoms with Gasteiger partial charge in [0.2, 0.25) is 11.7 Å². The van der Waals surface area contributed by atoms with Crippen LogP contribution in [0.25, 0.3) is 0 Å². The van der Waals surface area contributed by atoms with Gasteiger partial charge in [-0.25, -0.2) is 4.79 Å². The molecule has 37 heavy (non-hydrogen) atoms. The second-order valence-corrected chi connectivity index (χ2v) is 12.1. The molecule has 1 aromatic heterocycles. The highest BCUT2D eigenvalue weighted by atomic mass is 32.2. The van der Waals surface area contributed by atoms with Crippen molar-refractivity contribution in [2.45, 2.75) is 90.0 Å². The normalized spacial score (nSPS) is 19.3. The fourth-order valence-corrected chi connectivity index (χ4v) is 5.34. The zero-order valence-corrected chi connectivity index (χ0v) is 23.8. The van der Waals surface area contributed by atoms with E-state index in [0.29, 0.717) is 18.3 Å². The van der Waals surface area contributed by atoms with Crippen LogP contribution < -0.4 is 5.32 Å². The number of piperazine rings is 1. The number of nitrogens with one attached hydrogen (secondary N) is 1. The summed E-state index contributed by atoms with van der Waals surface area (Å²) in [7, 11) is 0. The van der Waals surface area contributed by atoms with E-state index in [0.717, 1.165) is 57.5 Å². The lowest BCUT2D eigenvalue weighted by molar-refractivity contribution is -0.126. The average molecular weight is 538 g/mol. The number of aromatic nitrogens is 2. The summed E-state index contributed by atoms with van der Waals surface area (Å²) in [5.74, 6) is 0.239. The van der Waals surface area contributed by atoms with Crippen molar-refractivity contribution < 1.29 is 23.5 Å². The largest absolute Gasteiger partial charge is 0.444 e. The Balaban J connectivity index is 1.46. The van der Waals surface area contributed by atoms with Crippen molar-refractivity contribution in [3.8, 4) is 0 Å². The van der Waals surface area contributed by atoms with Gasteiger partial charge in [-0.15, -0.1) is 10.2 Å². The number of hydrogen-bond acceptors (Lipinski definition) is 9. The summed E-state index contributed by atoms with van der Waals surface area (Å²) < 4.78 is 11.1. The maximum Gasteiger partial charge on any atom is 0.410 e. The van der Waals surface area contributed by atoms with Crippen LogP contribution in [0.3, 0.4) is 0 Å². The first-order valence-corrected chi connectivity index (χ1v) is 14.6. The zero-order valence-electron chi connectivity index (χ0n) is 23.0. The molecule has 1 N–H and O–H groups in total. The lowest BCUT2D eigenvalue weighted by Gasteiger charge is -2.35. The van der Waals surface area contributed by atoms with Gasteiger partial charge in [0.1, 0.15) is 5.60 Å². The van der Waals surface area contributed by atoms with Crippen LogP contribution in [-0.4, -0.2) is 87.9 Å². The minimum absolute atomic E-state index is 0.0205. The van der Waals surface area contributed by atoms with E-state index in [1.54, 1.807) is 4.90 Å². The third kappa shape index (κ3) is 8.98. The van der Waals surface area contributed by atoms with Gasteiger partial charge < -0.3 is 19.4 Å². The molecule has 2 heterocycles. The number of thioether (sulfide) groups is 1. The quantitative estimate of drug-likeness (QED) is 0.349. The highest BCUT2D eigenvalue weighted by Crippen LogP contribution is 2.25. The van der Waals surface area contributed by atoms with Gasteiger partial charge in [0.15, 0.2) is 0 Å². The van der Waals surface area contributed by atoms with Crippen molar-refractivity contribution in [1.29, 1.82) is 0 Å². The molecule has 1 saturated heterocycles. The lowest BCUT2D eigenvalue weighted by atomic mass is 9.87. The molecule has 0 aromatic carbocycles. The molecule has 2 unspecified atom stereocenters. The molecule has 208 valence electrons. The molecular weight excluding hydrogens is 494 g/mol. The Labute approximate surface area is 224 Å². The minimum Gasteiger partial charge on any atom is -0.444 e. The maximum atomic E-state index is 13.2. The van der Waals surface area contributed by atoms with Crippen LogP contribution in [0, 0.1) is 11.8 Å². The lowest BCUT2D eigenvalue weighted by Crippen LogP contribution is -2.50. The Morgan fingerprint density at radius 1 is 1.11 bits per heavy atom. The number of carbonyl (C=O) groups is 3. The van der Waals surface area contributed by atoms with E-state index in [1.165, 1.54) is 18.2 Å². The molecule has 2 aliphatic rings. The molecule has 0 radical (unpaired) electrons. The highest BCUT2D eigenvalue weighted by molar-refractivity contribution is 7.99. The Bertz CT molecular complexity index is 903. The summed E-state index contributed by atoms with van der Waals surface area (Å²) in [5, 5.41) is 11.4. The van der Waals surface area contributed by atoms with Crippen molar-refractivity contribution in [2.24, 2.45) is 11.8 Å². The summed E-state index contributed by atoms with van der Waals surface area (Å²) in [6, 6.07) is -0.668. The molecule has 1 aromatic rings. The fourth-order valence-electron chi connectivity index (χ4n) is 4.58. The second kappa shape index (κ2) is 13.6. The molecule has 1 saturated carbocycles. The average Bonchev–Trinajstić information content (AvgIpc) is 3.35. The number of rotatable bonds is 10. The third-order valence-electron chi connectivity index (χ3n) is 7.04. The first-order valence-electron chi connectivity index (χ1n) is 13.6. The number of Topliss-reactive ketones (excluding diaryl/α,β-unsaturated/α-hetero) is 1. The minimum atomic E-state index is -0.668. The van der Waals surface area contributed by atoms with Gasteiger partial charge in [-0.3, -0.25) is 14.5 Å². The molecule has 10 nitrogen and oxygen atoms in total. The van der Waals surface area contributed by atoms with Crippen molar-refractivity contribution in [1.82, 2.24) is 25.3 Å². The number of hydrogen-bond donors (Lipinski definition) is 1. The van der Waals surface area contributed by atoms with Gasteiger partial charge in [0, 0.05) is 44.4 Å². The number of nitrogens with zero attached hydrogens (tertiary/aromatic N) is 4. The zero-order chi connectivity index (χ0) is 27.0. The number of amides is 2. The van der Waals surface area contributed by atoms with E-state index in [2.05, 4.69) is 20.4 Å². The van der Waals surface area contributed by atoms with Crippen molar-refractivity contribution in [2.75, 3.05) is 38.5 Å². The van der Waals surface area contributed by atoms with E-state index in [1.807, 2.05) is 34.6 Å². The van der Waals surface area contributed by atoms with Crippen LogP contribution in [-0.2, 0) is 9.53 Å². The Kier molecular flexibility index (Phi) is 10.8. The topological polar surface area (TPSA) is 118 Å². The van der Waals surface area contributed by atoms with Gasteiger partial charge in [-0.2, -0.15) is 0 Å². The molecule has 1 aliphatic carbocycles. The van der Waals surface area contributed by atoms with Gasteiger partial charge in [0.25, 0.3) is 11.1 Å². The summed E-state index contributed by atoms with van der Waals surface area (Å²) in [5.41, 5.74) is -0.495. The summed E-state index contributed by atoms with van der Waals surface area (Å²) in [6.07, 6.45) is 5.53. The van der Waals surface area contributed by atoms with Gasteiger partial charge in [-0.1, -0.05) is 51.3 Å². The summed E-state index contributed by atoms with van der Waals surface area (Å²) in [6.45, 7) is 13.1. The highest BCUT2D eigenvalue weighted by Gasteiger charge is 2.33. The van der Waals surface area contributed by atoms with E-state index in [9.17, 15) is 14.4 Å². The van der Waals surface area contributed by atoms with Crippen molar-refractivity contribution >= 4 is 29.5 Å². The molecule has 2 amide bonds. The molecule has 3 rings (SSSR count). The molecule has 11 heteroatoms. The van der Waals surface area contributed by atoms with Crippen molar-refractivity contribution in [3.05, 3.63) is 5.89 Å². The molecule has 1 aliphatic heterocycles. The molecule has 0 bridgehead atoms. The van der Waals surface area contributed by atoms with Crippen LogP contribution in [0.15, 0.2) is 9.64 Å². The van der Waals surface area contributed by atoms with Crippen LogP contribution in [0.5, 0.6) is 0 Å². The number of ketones is 1. The second-order valence-electron chi connectivity index (χ2n) is 11.1. The van der Waals surface area contributed by atoms with Gasteiger partial charge in [0.05, 0.1) is 6.04 Å². The standard InChI is InChI=1S/C26H43N5O5S/c1-6-18(2)20(27-22(33)19-10-8-7-9-11-19)21(32)23-28-29-24(35-23)37-17-16-30-12-14-31(15-13-30)25(34)36-26(3,4)5/h18-20H,6-17H2,1-5H3,(H,27,33). The van der Waals surface area contributed by atoms with E-state index >= 15 is 0 Å². The van der Waals surface area contributed by atoms with Crippen LogP contribution in [0.4, 0.5) is 4.79 Å². The van der Waals surface area contributed by atoms with E-state index < -0.39 is 11.6 Å². The fraction of sp³-hybridized carbons (Fsp3) is 0.808. The smallest absolute Gasteiger partial charge is 0.410 e. The number of carbonyl (C=O) groups excluding carboxylic acids is 3. The first-order chi connectivity index (χ1) is 17.6. The SMILES string of the molecule is CCC(C)C(NC(=O)C1CCCCC1)C(=O)c1nnc(SCCN2CCN(C(=O)OC(C)(C)C)CC2)o1. The van der Waals surface area contributed by atoms with Crippen LogP contribution in [0.1, 0.15) is 83.8 Å². The molecule has 2 fully saturated rings. The molecule has 0 spiro atoms.